The first-order valence-electron chi connectivity index (χ1n) is 3.45. The molecule has 0 aromatic heterocycles. The molecular formula is C7H16O3. The van der Waals surface area contributed by atoms with Crippen molar-refractivity contribution >= 4 is 5.97 Å². The highest BCUT2D eigenvalue weighted by molar-refractivity contribution is 5.62. The van der Waals surface area contributed by atoms with Crippen LogP contribution in [0.2, 0.25) is 0 Å². The molecule has 0 fully saturated rings. The Labute approximate surface area is 61.7 Å². The molecule has 0 saturated carbocycles. The minimum atomic E-state index is -0.833. The maximum Gasteiger partial charge on any atom is 0.300 e. The van der Waals surface area contributed by atoms with Crippen molar-refractivity contribution in [3.05, 3.63) is 0 Å². The number of hydrogen-bond donors (Lipinski definition) is 2. The summed E-state index contributed by atoms with van der Waals surface area (Å²) in [4.78, 5) is 9.00. The molecule has 0 unspecified atom stereocenters. The number of aliphatic hydroxyl groups excluding tert-OH is 1. The van der Waals surface area contributed by atoms with Crippen LogP contribution in [0.4, 0.5) is 0 Å². The fourth-order valence-corrected chi connectivity index (χ4v) is 0.362. The highest BCUT2D eigenvalue weighted by Gasteiger charge is 1.76. The number of aliphatic hydroxyl groups is 1. The maximum atomic E-state index is 9.00. The number of carbonyl (C=O) groups is 1. The van der Waals surface area contributed by atoms with Crippen molar-refractivity contribution in [3.8, 4) is 0 Å². The highest BCUT2D eigenvalue weighted by atomic mass is 16.4. The molecular weight excluding hydrogens is 132 g/mol. The van der Waals surface area contributed by atoms with Crippen LogP contribution in [-0.4, -0.2) is 22.8 Å². The molecule has 3 heteroatoms. The molecule has 62 valence electrons. The van der Waals surface area contributed by atoms with E-state index in [4.69, 9.17) is 15.0 Å². The number of carboxylic acid groups (broad SMARTS) is 1. The van der Waals surface area contributed by atoms with Crippen LogP contribution in [0.3, 0.4) is 0 Å². The summed E-state index contributed by atoms with van der Waals surface area (Å²) < 4.78 is 0. The Hall–Kier alpha value is -0.570. The van der Waals surface area contributed by atoms with Crippen LogP contribution in [0.5, 0.6) is 0 Å². The van der Waals surface area contributed by atoms with Crippen LogP contribution in [0.25, 0.3) is 0 Å². The second kappa shape index (κ2) is 11.3. The second-order valence-corrected chi connectivity index (χ2v) is 1.95. The molecule has 0 saturated heterocycles. The van der Waals surface area contributed by atoms with Gasteiger partial charge in [-0.2, -0.15) is 0 Å². The third-order valence-corrected chi connectivity index (χ3v) is 0.762. The van der Waals surface area contributed by atoms with Gasteiger partial charge in [-0.05, 0) is 6.42 Å². The van der Waals surface area contributed by atoms with Crippen molar-refractivity contribution in [2.24, 2.45) is 0 Å². The van der Waals surface area contributed by atoms with Gasteiger partial charge in [0, 0.05) is 13.5 Å². The third-order valence-electron chi connectivity index (χ3n) is 0.762. The molecule has 0 amide bonds. The van der Waals surface area contributed by atoms with E-state index in [0.29, 0.717) is 6.61 Å². The van der Waals surface area contributed by atoms with E-state index in [1.54, 1.807) is 0 Å². The number of hydrogen-bond acceptors (Lipinski definition) is 2. The van der Waals surface area contributed by atoms with Crippen LogP contribution in [0.15, 0.2) is 0 Å². The summed E-state index contributed by atoms with van der Waals surface area (Å²) in [7, 11) is 0. The van der Waals surface area contributed by atoms with Crippen LogP contribution in [0.1, 0.15) is 33.1 Å². The SMILES string of the molecule is CC(=O)O.CCCCCO. The largest absolute Gasteiger partial charge is 0.481 e. The van der Waals surface area contributed by atoms with E-state index in [-0.39, 0.29) is 0 Å². The van der Waals surface area contributed by atoms with Crippen molar-refractivity contribution < 1.29 is 15.0 Å². The molecule has 0 atom stereocenters. The Bertz CT molecular complexity index is 63.3. The zero-order chi connectivity index (χ0) is 8.41. The molecule has 0 aromatic rings. The van der Waals surface area contributed by atoms with Gasteiger partial charge in [-0.25, -0.2) is 0 Å². The van der Waals surface area contributed by atoms with Gasteiger partial charge in [-0.1, -0.05) is 19.8 Å². The minimum absolute atomic E-state index is 0.355. The number of rotatable bonds is 3. The topological polar surface area (TPSA) is 57.5 Å². The van der Waals surface area contributed by atoms with Crippen molar-refractivity contribution in [2.75, 3.05) is 6.61 Å². The van der Waals surface area contributed by atoms with Crippen molar-refractivity contribution in [2.45, 2.75) is 33.1 Å². The molecule has 0 aliphatic carbocycles. The zero-order valence-electron chi connectivity index (χ0n) is 6.63. The first-order valence-corrected chi connectivity index (χ1v) is 3.45. The lowest BCUT2D eigenvalue weighted by Gasteiger charge is -1.85. The summed E-state index contributed by atoms with van der Waals surface area (Å²) in [6.45, 7) is 3.56. The third kappa shape index (κ3) is 52.0. The predicted octanol–water partition coefficient (Wildman–Crippen LogP) is 1.26. The molecule has 0 radical (unpaired) electrons. The molecule has 0 rings (SSSR count). The highest BCUT2D eigenvalue weighted by Crippen LogP contribution is 1.89. The van der Waals surface area contributed by atoms with E-state index in [1.807, 2.05) is 0 Å². The summed E-state index contributed by atoms with van der Waals surface area (Å²) in [6, 6.07) is 0. The summed E-state index contributed by atoms with van der Waals surface area (Å²) in [6.07, 6.45) is 3.33. The first kappa shape index (κ1) is 12.1. The quantitative estimate of drug-likeness (QED) is 0.592. The summed E-state index contributed by atoms with van der Waals surface area (Å²) in [5.74, 6) is -0.833. The van der Waals surface area contributed by atoms with Crippen LogP contribution in [-0.2, 0) is 4.79 Å². The lowest BCUT2D eigenvalue weighted by atomic mass is 10.3. The van der Waals surface area contributed by atoms with Gasteiger partial charge in [-0.15, -0.1) is 0 Å². The molecule has 0 aliphatic rings. The Morgan fingerprint density at radius 2 is 1.80 bits per heavy atom. The summed E-state index contributed by atoms with van der Waals surface area (Å²) >= 11 is 0. The van der Waals surface area contributed by atoms with Crippen LogP contribution in [0, 0.1) is 0 Å². The van der Waals surface area contributed by atoms with Gasteiger partial charge >= 0.3 is 0 Å². The maximum absolute atomic E-state index is 9.00. The molecule has 10 heavy (non-hydrogen) atoms. The lowest BCUT2D eigenvalue weighted by molar-refractivity contribution is -0.134. The molecule has 0 heterocycles. The average Bonchev–Trinajstić information content (AvgIpc) is 1.82. The number of carboxylic acids is 1. The van der Waals surface area contributed by atoms with Crippen LogP contribution < -0.4 is 0 Å². The Balaban J connectivity index is 0. The molecule has 3 nitrogen and oxygen atoms in total. The van der Waals surface area contributed by atoms with Gasteiger partial charge < -0.3 is 10.2 Å². The fraction of sp³-hybridized carbons (Fsp3) is 0.857. The molecule has 0 spiro atoms. The van der Waals surface area contributed by atoms with Crippen molar-refractivity contribution in [1.82, 2.24) is 0 Å². The zero-order valence-corrected chi connectivity index (χ0v) is 6.63. The molecule has 0 bridgehead atoms. The average molecular weight is 148 g/mol. The minimum Gasteiger partial charge on any atom is -0.481 e. The van der Waals surface area contributed by atoms with Gasteiger partial charge in [-0.3, -0.25) is 4.79 Å². The Morgan fingerprint density at radius 3 is 1.90 bits per heavy atom. The van der Waals surface area contributed by atoms with E-state index >= 15 is 0 Å². The molecule has 2 N–H and O–H groups in total. The monoisotopic (exact) mass is 148 g/mol. The van der Waals surface area contributed by atoms with Crippen LogP contribution >= 0.6 is 0 Å². The van der Waals surface area contributed by atoms with E-state index in [0.717, 1.165) is 19.8 Å². The summed E-state index contributed by atoms with van der Waals surface area (Å²) in [5, 5.41) is 15.6. The van der Waals surface area contributed by atoms with Crippen molar-refractivity contribution in [1.29, 1.82) is 0 Å². The van der Waals surface area contributed by atoms with Gasteiger partial charge in [0.05, 0.1) is 0 Å². The van der Waals surface area contributed by atoms with E-state index in [2.05, 4.69) is 6.92 Å². The number of unbranched alkanes of at least 4 members (excludes halogenated alkanes) is 2. The Kier molecular flexibility index (Phi) is 13.7. The smallest absolute Gasteiger partial charge is 0.300 e. The van der Waals surface area contributed by atoms with Gasteiger partial charge in [0.25, 0.3) is 5.97 Å². The number of aliphatic carboxylic acids is 1. The van der Waals surface area contributed by atoms with E-state index in [9.17, 15) is 0 Å². The standard InChI is InChI=1S/C5H12O.C2H4O2/c1-2-3-4-5-6;1-2(3)4/h6H,2-5H2,1H3;1H3,(H,3,4). The van der Waals surface area contributed by atoms with Gasteiger partial charge in [0.2, 0.25) is 0 Å². The summed E-state index contributed by atoms with van der Waals surface area (Å²) in [5.41, 5.74) is 0. The van der Waals surface area contributed by atoms with E-state index in [1.165, 1.54) is 6.42 Å². The van der Waals surface area contributed by atoms with Gasteiger partial charge in [0.15, 0.2) is 0 Å². The van der Waals surface area contributed by atoms with Crippen molar-refractivity contribution in [3.63, 3.8) is 0 Å². The molecule has 0 aromatic carbocycles. The lowest BCUT2D eigenvalue weighted by Crippen LogP contribution is -1.78. The van der Waals surface area contributed by atoms with Gasteiger partial charge in [0.1, 0.15) is 0 Å². The molecule has 0 aliphatic heterocycles. The normalized spacial score (nSPS) is 7.90. The van der Waals surface area contributed by atoms with E-state index < -0.39 is 5.97 Å². The fourth-order valence-electron chi connectivity index (χ4n) is 0.362. The first-order chi connectivity index (χ1) is 4.65. The Morgan fingerprint density at radius 1 is 1.40 bits per heavy atom. The second-order valence-electron chi connectivity index (χ2n) is 1.95. The predicted molar refractivity (Wildman–Crippen MR) is 39.9 cm³/mol.